The van der Waals surface area contributed by atoms with Crippen LogP contribution < -0.4 is 9.80 Å². The standard InChI is InChI=1S/C19H29N7O3S/c1-15(2)25-13-18(20-14-25)30(27,28)26-6-4-24(5-7-26)19-21-16(3)12-17(22-19)23-8-10-29-11-9-23/h12-15H,4-11H2,1-3H3. The molecule has 2 aromatic rings. The highest BCUT2D eigenvalue weighted by Crippen LogP contribution is 2.22. The highest BCUT2D eigenvalue weighted by atomic mass is 32.2. The molecule has 4 rings (SSSR count). The van der Waals surface area contributed by atoms with E-state index in [0.717, 1.165) is 24.6 Å². The SMILES string of the molecule is Cc1cc(N2CCOCC2)nc(N2CCN(S(=O)(=O)c3cn(C(C)C)cn3)CC2)n1. The van der Waals surface area contributed by atoms with Crippen LogP contribution in [0.15, 0.2) is 23.6 Å². The summed E-state index contributed by atoms with van der Waals surface area (Å²) in [6.45, 7) is 10.8. The second kappa shape index (κ2) is 8.48. The third-order valence-electron chi connectivity index (χ3n) is 5.46. The summed E-state index contributed by atoms with van der Waals surface area (Å²) in [5.74, 6) is 1.55. The van der Waals surface area contributed by atoms with Gasteiger partial charge in [-0.05, 0) is 20.8 Å². The lowest BCUT2D eigenvalue weighted by molar-refractivity contribution is 0.122. The van der Waals surface area contributed by atoms with E-state index in [9.17, 15) is 8.42 Å². The number of aromatic nitrogens is 4. The third kappa shape index (κ3) is 4.28. The zero-order chi connectivity index (χ0) is 21.3. The van der Waals surface area contributed by atoms with Gasteiger partial charge in [-0.25, -0.2) is 18.4 Å². The summed E-state index contributed by atoms with van der Waals surface area (Å²) in [5, 5.41) is 0.103. The van der Waals surface area contributed by atoms with E-state index in [-0.39, 0.29) is 11.1 Å². The molecule has 164 valence electrons. The molecule has 0 amide bonds. The van der Waals surface area contributed by atoms with Crippen molar-refractivity contribution in [2.45, 2.75) is 31.8 Å². The smallest absolute Gasteiger partial charge is 0.262 e. The molecule has 30 heavy (non-hydrogen) atoms. The van der Waals surface area contributed by atoms with Crippen LogP contribution in [-0.4, -0.2) is 84.7 Å². The van der Waals surface area contributed by atoms with Gasteiger partial charge in [0.25, 0.3) is 10.0 Å². The Labute approximate surface area is 177 Å². The van der Waals surface area contributed by atoms with Crippen molar-refractivity contribution in [2.75, 3.05) is 62.3 Å². The van der Waals surface area contributed by atoms with E-state index in [1.165, 1.54) is 4.31 Å². The first kappa shape index (κ1) is 21.0. The van der Waals surface area contributed by atoms with E-state index in [1.807, 2.05) is 26.8 Å². The van der Waals surface area contributed by atoms with E-state index in [4.69, 9.17) is 9.72 Å². The van der Waals surface area contributed by atoms with Crippen LogP contribution in [0, 0.1) is 6.92 Å². The lowest BCUT2D eigenvalue weighted by atomic mass is 10.3. The van der Waals surface area contributed by atoms with Crippen molar-refractivity contribution in [3.63, 3.8) is 0 Å². The van der Waals surface area contributed by atoms with Gasteiger partial charge in [-0.1, -0.05) is 0 Å². The molecule has 10 nitrogen and oxygen atoms in total. The van der Waals surface area contributed by atoms with E-state index in [0.29, 0.717) is 45.3 Å². The summed E-state index contributed by atoms with van der Waals surface area (Å²) >= 11 is 0. The monoisotopic (exact) mass is 435 g/mol. The number of anilines is 2. The van der Waals surface area contributed by atoms with E-state index in [2.05, 4.69) is 19.8 Å². The highest BCUT2D eigenvalue weighted by Gasteiger charge is 2.31. The van der Waals surface area contributed by atoms with Crippen molar-refractivity contribution >= 4 is 21.8 Å². The van der Waals surface area contributed by atoms with Gasteiger partial charge in [-0.15, -0.1) is 0 Å². The lowest BCUT2D eigenvalue weighted by Crippen LogP contribution is -2.49. The van der Waals surface area contributed by atoms with Crippen molar-refractivity contribution in [3.05, 3.63) is 24.3 Å². The van der Waals surface area contributed by atoms with E-state index < -0.39 is 10.0 Å². The number of hydrogen-bond acceptors (Lipinski definition) is 8. The molecule has 0 atom stereocenters. The van der Waals surface area contributed by atoms with Crippen LogP contribution in [0.3, 0.4) is 0 Å². The molecule has 0 aromatic carbocycles. The fourth-order valence-electron chi connectivity index (χ4n) is 3.63. The number of rotatable bonds is 5. The Morgan fingerprint density at radius 3 is 2.33 bits per heavy atom. The number of piperazine rings is 1. The summed E-state index contributed by atoms with van der Waals surface area (Å²) in [7, 11) is -3.60. The quantitative estimate of drug-likeness (QED) is 0.684. The molecule has 2 aliphatic rings. The number of hydrogen-bond donors (Lipinski definition) is 0. The summed E-state index contributed by atoms with van der Waals surface area (Å²) < 4.78 is 34.7. The molecule has 0 unspecified atom stereocenters. The Morgan fingerprint density at radius 1 is 1.00 bits per heavy atom. The van der Waals surface area contributed by atoms with Crippen molar-refractivity contribution in [3.8, 4) is 0 Å². The second-order valence-corrected chi connectivity index (χ2v) is 9.80. The number of ether oxygens (including phenoxy) is 1. The van der Waals surface area contributed by atoms with E-state index in [1.54, 1.807) is 17.1 Å². The van der Waals surface area contributed by atoms with Crippen LogP contribution in [0.1, 0.15) is 25.6 Å². The maximum Gasteiger partial charge on any atom is 0.262 e. The average molecular weight is 436 g/mol. The molecule has 2 fully saturated rings. The molecule has 11 heteroatoms. The average Bonchev–Trinajstić information content (AvgIpc) is 3.26. The van der Waals surface area contributed by atoms with Crippen molar-refractivity contribution < 1.29 is 13.2 Å². The van der Waals surface area contributed by atoms with Gasteiger partial charge in [0, 0.05) is 63.3 Å². The molecule has 0 radical (unpaired) electrons. The Morgan fingerprint density at radius 2 is 1.70 bits per heavy atom. The maximum absolute atomic E-state index is 13.0. The van der Waals surface area contributed by atoms with Crippen LogP contribution in [0.2, 0.25) is 0 Å². The van der Waals surface area contributed by atoms with Gasteiger partial charge in [0.2, 0.25) is 5.95 Å². The molecule has 0 N–H and O–H groups in total. The fourth-order valence-corrected chi connectivity index (χ4v) is 4.97. The Balaban J connectivity index is 1.46. The second-order valence-electron chi connectivity index (χ2n) is 7.91. The number of nitrogens with zero attached hydrogens (tertiary/aromatic N) is 7. The normalized spacial score (nSPS) is 18.9. The summed E-state index contributed by atoms with van der Waals surface area (Å²) in [6.07, 6.45) is 3.17. The third-order valence-corrected chi connectivity index (χ3v) is 7.25. The molecule has 2 aromatic heterocycles. The van der Waals surface area contributed by atoms with Crippen LogP contribution in [0.4, 0.5) is 11.8 Å². The predicted octanol–water partition coefficient (Wildman–Crippen LogP) is 0.910. The first-order chi connectivity index (χ1) is 14.3. The van der Waals surface area contributed by atoms with Crippen molar-refractivity contribution in [1.82, 2.24) is 23.8 Å². The van der Waals surface area contributed by atoms with Gasteiger partial charge in [0.1, 0.15) is 5.82 Å². The van der Waals surface area contributed by atoms with Crippen molar-refractivity contribution in [2.24, 2.45) is 0 Å². The largest absolute Gasteiger partial charge is 0.378 e. The Bertz CT molecular complexity index is 978. The lowest BCUT2D eigenvalue weighted by Gasteiger charge is -2.34. The number of sulfonamides is 1. The molecule has 0 spiro atoms. The molecule has 4 heterocycles. The molecule has 0 aliphatic carbocycles. The highest BCUT2D eigenvalue weighted by molar-refractivity contribution is 7.89. The summed E-state index contributed by atoms with van der Waals surface area (Å²) in [4.78, 5) is 17.7. The fraction of sp³-hybridized carbons (Fsp3) is 0.632. The van der Waals surface area contributed by atoms with Crippen LogP contribution in [-0.2, 0) is 14.8 Å². The number of aryl methyl sites for hydroxylation is 1. The van der Waals surface area contributed by atoms with E-state index >= 15 is 0 Å². The van der Waals surface area contributed by atoms with Gasteiger partial charge >= 0.3 is 0 Å². The van der Waals surface area contributed by atoms with Gasteiger partial charge in [-0.3, -0.25) is 0 Å². The molecular formula is C19H29N7O3S. The zero-order valence-corrected chi connectivity index (χ0v) is 18.5. The minimum atomic E-state index is -3.60. The minimum Gasteiger partial charge on any atom is -0.378 e. The Hall–Kier alpha value is -2.24. The minimum absolute atomic E-state index is 0.103. The number of morpholine rings is 1. The summed E-state index contributed by atoms with van der Waals surface area (Å²) in [5.41, 5.74) is 0.899. The van der Waals surface area contributed by atoms with Gasteiger partial charge in [0.15, 0.2) is 5.03 Å². The molecule has 2 aliphatic heterocycles. The van der Waals surface area contributed by atoms with Crippen LogP contribution in [0.5, 0.6) is 0 Å². The molecular weight excluding hydrogens is 406 g/mol. The first-order valence-electron chi connectivity index (χ1n) is 10.3. The number of imidazole rings is 1. The topological polar surface area (TPSA) is 96.7 Å². The maximum atomic E-state index is 13.0. The molecule has 2 saturated heterocycles. The van der Waals surface area contributed by atoms with Crippen LogP contribution in [0.25, 0.3) is 0 Å². The zero-order valence-electron chi connectivity index (χ0n) is 17.7. The summed E-state index contributed by atoms with van der Waals surface area (Å²) in [6, 6.07) is 2.15. The Kier molecular flexibility index (Phi) is 5.94. The van der Waals surface area contributed by atoms with Crippen molar-refractivity contribution in [1.29, 1.82) is 0 Å². The van der Waals surface area contributed by atoms with Gasteiger partial charge in [0.05, 0.1) is 19.5 Å². The van der Waals surface area contributed by atoms with Gasteiger partial charge in [-0.2, -0.15) is 9.29 Å². The molecule has 0 bridgehead atoms. The van der Waals surface area contributed by atoms with Crippen LogP contribution >= 0.6 is 0 Å². The van der Waals surface area contributed by atoms with Gasteiger partial charge < -0.3 is 19.1 Å². The first-order valence-corrected chi connectivity index (χ1v) is 11.8. The molecule has 0 saturated carbocycles. The predicted molar refractivity (Wildman–Crippen MR) is 113 cm³/mol.